The van der Waals surface area contributed by atoms with Crippen LogP contribution in [0.2, 0.25) is 0 Å². The highest BCUT2D eigenvalue weighted by molar-refractivity contribution is 5.30. The van der Waals surface area contributed by atoms with Gasteiger partial charge in [-0.3, -0.25) is 0 Å². The smallest absolute Gasteiger partial charge is 0.0828 e. The summed E-state index contributed by atoms with van der Waals surface area (Å²) in [6, 6.07) is 7.14. The van der Waals surface area contributed by atoms with E-state index in [4.69, 9.17) is 4.74 Å². The lowest BCUT2D eigenvalue weighted by Gasteiger charge is -2.39. The van der Waals surface area contributed by atoms with Crippen molar-refractivity contribution in [3.63, 3.8) is 0 Å². The standard InChI is InChI=1S/C18H31NO/c1-7-18(8-2,20-6)17(19-9-3)13-16-11-10-14(4)15(5)12-16/h10-12,17,19H,7-9,13H2,1-6H3. The van der Waals surface area contributed by atoms with Gasteiger partial charge in [0, 0.05) is 13.2 Å². The summed E-state index contributed by atoms with van der Waals surface area (Å²) in [5.41, 5.74) is 4.04. The molecule has 0 saturated heterocycles. The van der Waals surface area contributed by atoms with Crippen molar-refractivity contribution in [2.75, 3.05) is 13.7 Å². The molecule has 0 spiro atoms. The number of nitrogens with one attached hydrogen (secondary N) is 1. The molecule has 2 heteroatoms. The fraction of sp³-hybridized carbons (Fsp3) is 0.667. The first-order valence-electron chi connectivity index (χ1n) is 7.87. The molecule has 114 valence electrons. The predicted molar refractivity (Wildman–Crippen MR) is 87.4 cm³/mol. The molecule has 1 atom stereocenters. The lowest BCUT2D eigenvalue weighted by molar-refractivity contribution is -0.0468. The summed E-state index contributed by atoms with van der Waals surface area (Å²) >= 11 is 0. The van der Waals surface area contributed by atoms with Crippen molar-refractivity contribution in [2.45, 2.75) is 65.5 Å². The monoisotopic (exact) mass is 277 g/mol. The average molecular weight is 277 g/mol. The van der Waals surface area contributed by atoms with Crippen LogP contribution in [0.4, 0.5) is 0 Å². The van der Waals surface area contributed by atoms with E-state index in [1.165, 1.54) is 16.7 Å². The molecular weight excluding hydrogens is 246 g/mol. The molecule has 1 aromatic carbocycles. The molecule has 1 unspecified atom stereocenters. The third kappa shape index (κ3) is 3.83. The SMILES string of the molecule is CCNC(Cc1ccc(C)c(C)c1)C(CC)(CC)OC. The highest BCUT2D eigenvalue weighted by atomic mass is 16.5. The summed E-state index contributed by atoms with van der Waals surface area (Å²) in [6.07, 6.45) is 3.08. The third-order valence-electron chi connectivity index (χ3n) is 4.70. The summed E-state index contributed by atoms with van der Waals surface area (Å²) in [4.78, 5) is 0. The van der Waals surface area contributed by atoms with Crippen LogP contribution in [0.5, 0.6) is 0 Å². The molecular formula is C18H31NO. The summed E-state index contributed by atoms with van der Waals surface area (Å²) in [5, 5.41) is 3.63. The van der Waals surface area contributed by atoms with Crippen molar-refractivity contribution in [3.8, 4) is 0 Å². The Bertz CT molecular complexity index is 402. The molecule has 1 rings (SSSR count). The van der Waals surface area contributed by atoms with E-state index in [0.717, 1.165) is 25.8 Å². The first kappa shape index (κ1) is 17.2. The number of hydrogen-bond acceptors (Lipinski definition) is 2. The Labute approximate surface area is 124 Å². The fourth-order valence-corrected chi connectivity index (χ4v) is 3.03. The van der Waals surface area contributed by atoms with E-state index in [-0.39, 0.29) is 5.60 Å². The van der Waals surface area contributed by atoms with Crippen LogP contribution in [0.3, 0.4) is 0 Å². The molecule has 0 bridgehead atoms. The van der Waals surface area contributed by atoms with Gasteiger partial charge in [-0.05, 0) is 56.3 Å². The van der Waals surface area contributed by atoms with Gasteiger partial charge >= 0.3 is 0 Å². The number of methoxy groups -OCH3 is 1. The zero-order valence-corrected chi connectivity index (χ0v) is 14.0. The molecule has 1 N–H and O–H groups in total. The van der Waals surface area contributed by atoms with Crippen LogP contribution in [0.15, 0.2) is 18.2 Å². The van der Waals surface area contributed by atoms with Crippen molar-refractivity contribution < 1.29 is 4.74 Å². The van der Waals surface area contributed by atoms with Gasteiger partial charge < -0.3 is 10.1 Å². The highest BCUT2D eigenvalue weighted by Gasteiger charge is 2.35. The van der Waals surface area contributed by atoms with E-state index in [2.05, 4.69) is 58.1 Å². The van der Waals surface area contributed by atoms with Gasteiger partial charge in [-0.15, -0.1) is 0 Å². The first-order valence-corrected chi connectivity index (χ1v) is 7.87. The van der Waals surface area contributed by atoms with Gasteiger partial charge in [-0.2, -0.15) is 0 Å². The minimum atomic E-state index is -0.0746. The van der Waals surface area contributed by atoms with Crippen molar-refractivity contribution >= 4 is 0 Å². The largest absolute Gasteiger partial charge is 0.377 e. The lowest BCUT2D eigenvalue weighted by atomic mass is 9.84. The summed E-state index contributed by atoms with van der Waals surface area (Å²) in [6.45, 7) is 11.9. The highest BCUT2D eigenvalue weighted by Crippen LogP contribution is 2.27. The lowest BCUT2D eigenvalue weighted by Crippen LogP contribution is -2.52. The number of hydrogen-bond donors (Lipinski definition) is 1. The van der Waals surface area contributed by atoms with E-state index in [9.17, 15) is 0 Å². The fourth-order valence-electron chi connectivity index (χ4n) is 3.03. The molecule has 1 aromatic rings. The van der Waals surface area contributed by atoms with Crippen molar-refractivity contribution in [1.82, 2.24) is 5.32 Å². The molecule has 0 aliphatic heterocycles. The summed E-state index contributed by atoms with van der Waals surface area (Å²) in [5.74, 6) is 0. The first-order chi connectivity index (χ1) is 9.52. The Hall–Kier alpha value is -0.860. The van der Waals surface area contributed by atoms with E-state index in [0.29, 0.717) is 6.04 Å². The van der Waals surface area contributed by atoms with E-state index in [1.807, 2.05) is 7.11 Å². The van der Waals surface area contributed by atoms with E-state index >= 15 is 0 Å². The van der Waals surface area contributed by atoms with Crippen LogP contribution in [-0.4, -0.2) is 25.3 Å². The van der Waals surface area contributed by atoms with Crippen molar-refractivity contribution in [3.05, 3.63) is 34.9 Å². The normalized spacial score (nSPS) is 13.5. The molecule has 0 aliphatic rings. The molecule has 0 saturated carbocycles. The van der Waals surface area contributed by atoms with Crippen LogP contribution < -0.4 is 5.32 Å². The molecule has 0 radical (unpaired) electrons. The van der Waals surface area contributed by atoms with E-state index in [1.54, 1.807) is 0 Å². The maximum absolute atomic E-state index is 5.91. The summed E-state index contributed by atoms with van der Waals surface area (Å²) in [7, 11) is 1.84. The van der Waals surface area contributed by atoms with Crippen molar-refractivity contribution in [1.29, 1.82) is 0 Å². The van der Waals surface area contributed by atoms with Gasteiger partial charge in [0.2, 0.25) is 0 Å². The summed E-state index contributed by atoms with van der Waals surface area (Å²) < 4.78 is 5.91. The van der Waals surface area contributed by atoms with Gasteiger partial charge in [0.25, 0.3) is 0 Å². The third-order valence-corrected chi connectivity index (χ3v) is 4.70. The number of rotatable bonds is 8. The molecule has 0 amide bonds. The van der Waals surface area contributed by atoms with Crippen LogP contribution in [0.25, 0.3) is 0 Å². The number of aryl methyl sites for hydroxylation is 2. The number of likely N-dealkylation sites (N-methyl/N-ethyl adjacent to an activating group) is 1. The molecule has 0 heterocycles. The molecule has 0 aliphatic carbocycles. The van der Waals surface area contributed by atoms with Crippen molar-refractivity contribution in [2.24, 2.45) is 0 Å². The topological polar surface area (TPSA) is 21.3 Å². The van der Waals surface area contributed by atoms with Crippen LogP contribution in [-0.2, 0) is 11.2 Å². The molecule has 0 fully saturated rings. The average Bonchev–Trinajstić information content (AvgIpc) is 2.45. The van der Waals surface area contributed by atoms with Crippen LogP contribution in [0.1, 0.15) is 50.3 Å². The van der Waals surface area contributed by atoms with Gasteiger partial charge in [0.1, 0.15) is 0 Å². The Morgan fingerprint density at radius 1 is 1.10 bits per heavy atom. The Morgan fingerprint density at radius 2 is 1.75 bits per heavy atom. The van der Waals surface area contributed by atoms with E-state index < -0.39 is 0 Å². The molecule has 20 heavy (non-hydrogen) atoms. The maximum Gasteiger partial charge on any atom is 0.0828 e. The predicted octanol–water partition coefficient (Wildman–Crippen LogP) is 4.03. The number of ether oxygens (including phenoxy) is 1. The quantitative estimate of drug-likeness (QED) is 0.774. The second kappa shape index (κ2) is 7.80. The van der Waals surface area contributed by atoms with Crippen LogP contribution >= 0.6 is 0 Å². The minimum Gasteiger partial charge on any atom is -0.377 e. The zero-order valence-electron chi connectivity index (χ0n) is 14.0. The van der Waals surface area contributed by atoms with Crippen LogP contribution in [0, 0.1) is 13.8 Å². The second-order valence-electron chi connectivity index (χ2n) is 5.71. The molecule has 0 aromatic heterocycles. The van der Waals surface area contributed by atoms with Gasteiger partial charge in [0.05, 0.1) is 5.60 Å². The molecule has 2 nitrogen and oxygen atoms in total. The zero-order chi connectivity index (χ0) is 15.2. The second-order valence-corrected chi connectivity index (χ2v) is 5.71. The van der Waals surface area contributed by atoms with Gasteiger partial charge in [0.15, 0.2) is 0 Å². The Balaban J connectivity index is 2.98. The number of benzene rings is 1. The maximum atomic E-state index is 5.91. The Morgan fingerprint density at radius 3 is 2.20 bits per heavy atom. The Kier molecular flexibility index (Phi) is 6.70. The minimum absolute atomic E-state index is 0.0746. The van der Waals surface area contributed by atoms with Gasteiger partial charge in [-0.25, -0.2) is 0 Å². The van der Waals surface area contributed by atoms with Gasteiger partial charge in [-0.1, -0.05) is 39.0 Å².